The van der Waals surface area contributed by atoms with Gasteiger partial charge in [-0.15, -0.1) is 0 Å². The fourth-order valence-electron chi connectivity index (χ4n) is 5.78. The number of aliphatic carboxylic acids is 1. The second kappa shape index (κ2) is 38.0. The van der Waals surface area contributed by atoms with Crippen molar-refractivity contribution in [1.29, 1.82) is 0 Å². The predicted octanol–water partition coefficient (Wildman–Crippen LogP) is 1.74. The molecule has 0 saturated carbocycles. The molecule has 2 atom stereocenters. The van der Waals surface area contributed by atoms with Gasteiger partial charge < -0.3 is 79.6 Å². The summed E-state index contributed by atoms with van der Waals surface area (Å²) in [5.41, 5.74) is 0.881. The Kier molecular flexibility index (Phi) is 31.9. The predicted molar refractivity (Wildman–Crippen MR) is 263 cm³/mol. The molecular weight excluding hydrogens is 951 g/mol. The molecular formula is C47H69N7O16S. The number of guanidine groups is 1. The molecule has 1 aliphatic rings. The van der Waals surface area contributed by atoms with Crippen molar-refractivity contribution in [1.82, 2.24) is 26.6 Å². The van der Waals surface area contributed by atoms with Crippen molar-refractivity contribution in [3.63, 3.8) is 0 Å². The first-order valence-electron chi connectivity index (χ1n) is 23.3. The maximum absolute atomic E-state index is 13.3. The van der Waals surface area contributed by atoms with Gasteiger partial charge in [-0.1, -0.05) is 36.9 Å². The van der Waals surface area contributed by atoms with E-state index in [4.69, 9.17) is 42.6 Å². The quantitative estimate of drug-likeness (QED) is 0.0370. The Labute approximate surface area is 418 Å². The van der Waals surface area contributed by atoms with Crippen LogP contribution in [-0.4, -0.2) is 183 Å². The van der Waals surface area contributed by atoms with Crippen molar-refractivity contribution in [2.75, 3.05) is 130 Å². The zero-order valence-corrected chi connectivity index (χ0v) is 41.2. The van der Waals surface area contributed by atoms with E-state index in [1.165, 1.54) is 30.8 Å². The minimum atomic E-state index is -1.51. The standard InChI is InChI=1S/C47H69N7O16S/c1-3-43(54-41(56)12-15-62-16-17-63-18-19-64-20-21-65-22-23-66-24-25-67-26-27-68-28-29-69-30-31-71-35(2)55)70-40-11-5-4-10-38(40)53-46(61)39(33-44(58)59)52-42(57)34-50-45(60)36-8-6-9-37(32-36)51-47-48-13-7-14-49-47/h4-11,13,32,39,43H,3,12,14-31,33-34H2,1-2H3,(H,50,60)(H,52,57)(H,53,61)(H,54,56)(H,58,59)(H2,48,49,51). The highest BCUT2D eigenvalue weighted by atomic mass is 32.2. The SMILES string of the molecule is CCC(NC(=O)CCOCCOCCOCCOCCOCCOCCOCCOCCSC(C)=O)Oc1ccccc1NC(=O)C(CC(=O)O)NC(=O)CNC(=O)c1cccc(N=C2NC=CCN2)c1. The normalized spacial score (nSPS) is 13.4. The number of carboxylic acid groups (broad SMARTS) is 1. The molecule has 23 nitrogen and oxygen atoms in total. The van der Waals surface area contributed by atoms with Crippen LogP contribution in [0.15, 0.2) is 65.8 Å². The third-order valence-corrected chi connectivity index (χ3v) is 10.0. The lowest BCUT2D eigenvalue weighted by molar-refractivity contribution is -0.139. The number of nitrogens with zero attached hydrogens (tertiary/aromatic N) is 1. The Morgan fingerprint density at radius 1 is 0.718 bits per heavy atom. The molecule has 2 aromatic rings. The second-order valence-electron chi connectivity index (χ2n) is 14.9. The van der Waals surface area contributed by atoms with Gasteiger partial charge in [-0.25, -0.2) is 4.99 Å². The molecule has 3 rings (SSSR count). The fourth-order valence-corrected chi connectivity index (χ4v) is 6.26. The highest BCUT2D eigenvalue weighted by Gasteiger charge is 2.26. The molecule has 0 radical (unpaired) electrons. The van der Waals surface area contributed by atoms with Gasteiger partial charge in [-0.05, 0) is 36.4 Å². The molecule has 0 aromatic heterocycles. The summed E-state index contributed by atoms with van der Waals surface area (Å²) in [6, 6.07) is 11.3. The number of anilines is 1. The number of ether oxygens (including phenoxy) is 9. The molecule has 1 heterocycles. The van der Waals surface area contributed by atoms with Crippen LogP contribution in [0.5, 0.6) is 5.75 Å². The summed E-state index contributed by atoms with van der Waals surface area (Å²) in [5, 5.41) is 25.8. The summed E-state index contributed by atoms with van der Waals surface area (Å²) in [5.74, 6) is -2.58. The first-order valence-corrected chi connectivity index (χ1v) is 24.3. The molecule has 0 fully saturated rings. The van der Waals surface area contributed by atoms with Crippen LogP contribution < -0.4 is 36.6 Å². The summed E-state index contributed by atoms with van der Waals surface area (Å²) in [6.45, 7) is 9.83. The Bertz CT molecular complexity index is 1960. The van der Waals surface area contributed by atoms with Crippen molar-refractivity contribution in [3.05, 3.63) is 66.4 Å². The molecule has 1 aliphatic heterocycles. The lowest BCUT2D eigenvalue weighted by atomic mass is 10.1. The second-order valence-corrected chi connectivity index (χ2v) is 16.2. The van der Waals surface area contributed by atoms with Gasteiger partial charge in [-0.3, -0.25) is 28.8 Å². The zero-order valence-electron chi connectivity index (χ0n) is 40.4. The van der Waals surface area contributed by atoms with Crippen LogP contribution in [-0.2, 0) is 61.9 Å². The largest absolute Gasteiger partial charge is 0.481 e. The highest BCUT2D eigenvalue weighted by Crippen LogP contribution is 2.25. The van der Waals surface area contributed by atoms with Gasteiger partial charge in [0.05, 0.1) is 136 Å². The van der Waals surface area contributed by atoms with Crippen molar-refractivity contribution in [2.24, 2.45) is 4.99 Å². The van der Waals surface area contributed by atoms with E-state index in [0.29, 0.717) is 123 Å². The average molecular weight is 1020 g/mol. The average Bonchev–Trinajstić information content (AvgIpc) is 3.35. The third-order valence-electron chi connectivity index (χ3n) is 9.23. The Balaban J connectivity index is 1.21. The van der Waals surface area contributed by atoms with Gasteiger partial charge in [0.2, 0.25) is 23.7 Å². The molecule has 24 heteroatoms. The molecule has 71 heavy (non-hydrogen) atoms. The topological polar surface area (TPSA) is 290 Å². The minimum Gasteiger partial charge on any atom is -0.481 e. The summed E-state index contributed by atoms with van der Waals surface area (Å²) < 4.78 is 49.8. The van der Waals surface area contributed by atoms with E-state index < -0.39 is 48.9 Å². The summed E-state index contributed by atoms with van der Waals surface area (Å²) in [6.07, 6.45) is 2.48. The van der Waals surface area contributed by atoms with E-state index in [1.807, 2.05) is 6.08 Å². The number of benzene rings is 2. The Hall–Kier alpha value is -5.70. The van der Waals surface area contributed by atoms with Gasteiger partial charge in [-0.2, -0.15) is 0 Å². The van der Waals surface area contributed by atoms with Gasteiger partial charge in [0.1, 0.15) is 11.8 Å². The lowest BCUT2D eigenvalue weighted by Gasteiger charge is -2.22. The summed E-state index contributed by atoms with van der Waals surface area (Å²) >= 11 is 1.24. The zero-order chi connectivity index (χ0) is 51.2. The van der Waals surface area contributed by atoms with Crippen LogP contribution in [0.3, 0.4) is 0 Å². The number of rotatable bonds is 40. The molecule has 2 aromatic carbocycles. The Morgan fingerprint density at radius 2 is 1.30 bits per heavy atom. The minimum absolute atomic E-state index is 0.0461. The monoisotopic (exact) mass is 1020 g/mol. The first-order chi connectivity index (χ1) is 34.5. The fraction of sp³-hybridized carbons (Fsp3) is 0.553. The molecule has 0 saturated heterocycles. The number of hydrogen-bond acceptors (Lipinski definition) is 17. The van der Waals surface area contributed by atoms with E-state index in [2.05, 4.69) is 36.9 Å². The van der Waals surface area contributed by atoms with E-state index in [9.17, 15) is 33.9 Å². The van der Waals surface area contributed by atoms with E-state index in [1.54, 1.807) is 49.5 Å². The lowest BCUT2D eigenvalue weighted by Crippen LogP contribution is -2.48. The smallest absolute Gasteiger partial charge is 0.305 e. The molecule has 0 bridgehead atoms. The van der Waals surface area contributed by atoms with Gasteiger partial charge in [0.25, 0.3) is 5.91 Å². The van der Waals surface area contributed by atoms with Crippen LogP contribution in [0.4, 0.5) is 11.4 Å². The molecule has 0 spiro atoms. The van der Waals surface area contributed by atoms with Gasteiger partial charge in [0, 0.05) is 37.4 Å². The number of aliphatic imine (C=N–C) groups is 1. The van der Waals surface area contributed by atoms with Crippen molar-refractivity contribution in [2.45, 2.75) is 45.4 Å². The van der Waals surface area contributed by atoms with Crippen molar-refractivity contribution in [3.8, 4) is 5.75 Å². The maximum atomic E-state index is 13.3. The number of para-hydroxylation sites is 2. The third kappa shape index (κ3) is 29.3. The van der Waals surface area contributed by atoms with E-state index >= 15 is 0 Å². The number of carboxylic acids is 1. The molecule has 394 valence electrons. The van der Waals surface area contributed by atoms with Gasteiger partial charge >= 0.3 is 5.97 Å². The molecule has 7 N–H and O–H groups in total. The number of thioether (sulfide) groups is 1. The molecule has 4 amide bonds. The van der Waals surface area contributed by atoms with E-state index in [0.717, 1.165) is 0 Å². The van der Waals surface area contributed by atoms with Crippen LogP contribution in [0.1, 0.15) is 43.5 Å². The van der Waals surface area contributed by atoms with Gasteiger partial charge in [0.15, 0.2) is 11.3 Å². The van der Waals surface area contributed by atoms with Crippen LogP contribution in [0, 0.1) is 0 Å². The Morgan fingerprint density at radius 3 is 1.85 bits per heavy atom. The number of hydrogen-bond donors (Lipinski definition) is 7. The first kappa shape index (κ1) is 59.6. The number of carbonyl (C=O) groups is 6. The summed E-state index contributed by atoms with van der Waals surface area (Å²) in [7, 11) is 0. The van der Waals surface area contributed by atoms with Crippen LogP contribution >= 0.6 is 11.8 Å². The number of carbonyl (C=O) groups excluding carboxylic acids is 5. The van der Waals surface area contributed by atoms with Crippen molar-refractivity contribution < 1.29 is 76.5 Å². The molecule has 2 unspecified atom stereocenters. The van der Waals surface area contributed by atoms with E-state index in [-0.39, 0.29) is 47.7 Å². The van der Waals surface area contributed by atoms with Crippen LogP contribution in [0.25, 0.3) is 0 Å². The number of amides is 4. The summed E-state index contributed by atoms with van der Waals surface area (Å²) in [4.78, 5) is 78.7. The highest BCUT2D eigenvalue weighted by molar-refractivity contribution is 8.13. The molecule has 0 aliphatic carbocycles. The van der Waals surface area contributed by atoms with Crippen LogP contribution in [0.2, 0.25) is 0 Å². The maximum Gasteiger partial charge on any atom is 0.305 e. The van der Waals surface area contributed by atoms with Crippen molar-refractivity contribution >= 4 is 63.8 Å². The number of nitrogens with one attached hydrogen (secondary N) is 6.